The normalized spacial score (nSPS) is 12.3. The molecule has 0 aliphatic heterocycles. The van der Waals surface area contributed by atoms with Crippen molar-refractivity contribution in [3.63, 3.8) is 0 Å². The summed E-state index contributed by atoms with van der Waals surface area (Å²) < 4.78 is 15.8. The minimum absolute atomic E-state index is 0.159. The average molecular weight is 799 g/mol. The number of hydrogen-bond donors (Lipinski definition) is 0. The van der Waals surface area contributed by atoms with Gasteiger partial charge in [0.1, 0.15) is 20.0 Å². The first-order chi connectivity index (χ1) is 26.9. The topological polar surface area (TPSA) is 121 Å². The van der Waals surface area contributed by atoms with Gasteiger partial charge in [0.05, 0.1) is 28.9 Å². The van der Waals surface area contributed by atoms with E-state index in [2.05, 4.69) is 13.8 Å². The van der Waals surface area contributed by atoms with Gasteiger partial charge in [-0.15, -0.1) is 34.0 Å². The van der Waals surface area contributed by atoms with Crippen LogP contribution in [-0.4, -0.2) is 43.9 Å². The molecule has 7 heterocycles. The van der Waals surface area contributed by atoms with Crippen molar-refractivity contribution in [3.8, 4) is 0 Å². The van der Waals surface area contributed by atoms with Crippen LogP contribution < -0.4 is 11.1 Å². The Labute approximate surface area is 329 Å². The smallest absolute Gasteiger partial charge is 0.305 e. The Morgan fingerprint density at radius 1 is 0.600 bits per heavy atom. The number of benzene rings is 1. The summed E-state index contributed by atoms with van der Waals surface area (Å²) in [5, 5.41) is 2.90. The Morgan fingerprint density at radius 2 is 1.09 bits per heavy atom. The monoisotopic (exact) mass is 798 g/mol. The number of fused-ring (bicyclic) bond motifs is 8. The van der Waals surface area contributed by atoms with Gasteiger partial charge in [0, 0.05) is 57.0 Å². The van der Waals surface area contributed by atoms with E-state index >= 15 is 0 Å². The molecule has 7 aromatic heterocycles. The van der Waals surface area contributed by atoms with E-state index in [0.29, 0.717) is 60.3 Å². The summed E-state index contributed by atoms with van der Waals surface area (Å²) in [6, 6.07) is 7.71. The first-order valence-electron chi connectivity index (χ1n) is 19.9. The van der Waals surface area contributed by atoms with Crippen LogP contribution in [-0.2, 0) is 31.9 Å². The molecule has 0 atom stereocenters. The second kappa shape index (κ2) is 16.5. The minimum atomic E-state index is -0.171. The molecule has 8 rings (SSSR count). The fourth-order valence-corrected chi connectivity index (χ4v) is 11.0. The van der Waals surface area contributed by atoms with Crippen LogP contribution in [0.3, 0.4) is 0 Å². The predicted octanol–water partition coefficient (Wildman–Crippen LogP) is 10.2. The maximum Gasteiger partial charge on any atom is 0.305 e. The van der Waals surface area contributed by atoms with E-state index in [-0.39, 0.29) is 23.1 Å². The largest absolute Gasteiger partial charge is 0.465 e. The van der Waals surface area contributed by atoms with Gasteiger partial charge in [-0.3, -0.25) is 28.0 Å². The third-order valence-corrected chi connectivity index (χ3v) is 14.0. The van der Waals surface area contributed by atoms with E-state index in [1.165, 1.54) is 72.5 Å². The molecule has 0 spiro atoms. The van der Waals surface area contributed by atoms with Crippen molar-refractivity contribution in [1.82, 2.24) is 18.8 Å². The first kappa shape index (κ1) is 37.7. The highest BCUT2D eigenvalue weighted by atomic mass is 32.1. The Balaban J connectivity index is 1.01. The van der Waals surface area contributed by atoms with Gasteiger partial charge in [-0.05, 0) is 37.1 Å². The number of thiophene rings is 3. The van der Waals surface area contributed by atoms with Gasteiger partial charge in [-0.1, -0.05) is 78.1 Å². The molecule has 0 saturated carbocycles. The summed E-state index contributed by atoms with van der Waals surface area (Å²) in [5.41, 5.74) is 2.26. The molecule has 13 heteroatoms. The van der Waals surface area contributed by atoms with Crippen LogP contribution in [0.1, 0.15) is 113 Å². The molecule has 0 bridgehead atoms. The van der Waals surface area contributed by atoms with Crippen LogP contribution in [0.15, 0.2) is 33.9 Å². The maximum atomic E-state index is 14.3. The van der Waals surface area contributed by atoms with E-state index in [9.17, 15) is 19.2 Å². The van der Waals surface area contributed by atoms with Crippen LogP contribution in [0.4, 0.5) is 0 Å². The van der Waals surface area contributed by atoms with Crippen molar-refractivity contribution in [2.45, 2.75) is 117 Å². The second-order valence-corrected chi connectivity index (χ2v) is 17.9. The van der Waals surface area contributed by atoms with Gasteiger partial charge >= 0.3 is 11.9 Å². The number of carbonyl (C=O) groups excluding carboxylic acids is 2. The first-order valence-corrected chi connectivity index (χ1v) is 22.4. The number of unbranched alkanes of at least 4 members (excludes halogenated alkanes) is 10. The lowest BCUT2D eigenvalue weighted by molar-refractivity contribution is -0.144. The number of esters is 2. The SMILES string of the molecule is CCCCCCCCC(=O)OCCc1cc2c(nc3c4ccc5c(=O)n6c7cc(CCOC(=O)CCCCCCCC)sc7nc6c6sc(c(=O)n23)c4c56)s1. The molecule has 288 valence electrons. The zero-order chi connectivity index (χ0) is 38.1. The van der Waals surface area contributed by atoms with Gasteiger partial charge in [0.25, 0.3) is 11.1 Å². The lowest BCUT2D eigenvalue weighted by atomic mass is 10.0. The summed E-state index contributed by atoms with van der Waals surface area (Å²) in [6.07, 6.45) is 15.5. The molecule has 0 N–H and O–H groups in total. The summed E-state index contributed by atoms with van der Waals surface area (Å²) >= 11 is 4.39. The molecule has 1 aromatic carbocycles. The van der Waals surface area contributed by atoms with Crippen molar-refractivity contribution < 1.29 is 19.1 Å². The Hall–Kier alpha value is -4.20. The molecule has 0 saturated heterocycles. The van der Waals surface area contributed by atoms with Crippen molar-refractivity contribution in [2.24, 2.45) is 0 Å². The molecular formula is C42H46N4O6S3. The van der Waals surface area contributed by atoms with E-state index in [1.807, 2.05) is 24.3 Å². The second-order valence-electron chi connectivity index (χ2n) is 14.6. The van der Waals surface area contributed by atoms with Crippen LogP contribution in [0, 0.1) is 0 Å². The number of imidazole rings is 2. The van der Waals surface area contributed by atoms with Crippen molar-refractivity contribution in [1.29, 1.82) is 0 Å². The zero-order valence-electron chi connectivity index (χ0n) is 31.5. The van der Waals surface area contributed by atoms with Crippen LogP contribution in [0.2, 0.25) is 0 Å². The van der Waals surface area contributed by atoms with Crippen LogP contribution in [0.25, 0.3) is 62.9 Å². The van der Waals surface area contributed by atoms with E-state index in [4.69, 9.17) is 19.4 Å². The number of nitrogens with zero attached hydrogens (tertiary/aromatic N) is 4. The number of aromatic nitrogens is 4. The van der Waals surface area contributed by atoms with Crippen LogP contribution in [0.5, 0.6) is 0 Å². The fraction of sp³-hybridized carbons (Fsp3) is 0.476. The summed E-state index contributed by atoms with van der Waals surface area (Å²) in [7, 11) is 0. The van der Waals surface area contributed by atoms with Crippen molar-refractivity contribution in [2.75, 3.05) is 13.2 Å². The number of hydrogen-bond acceptors (Lipinski definition) is 11. The molecule has 0 radical (unpaired) electrons. The standard InChI is InChI=1S/C42H46N4O6S3/c1-3-5-7-9-11-13-15-31(47)51-21-19-25-23-29-39(53-25)43-37-27-17-18-28-34-33(27)36(42(50)45(29)37)55-35(34)38-44-40-30(46(38)41(28)49)24-26(54-40)20-22-52-32(48)16-14-12-10-8-6-4-2/h17-18,23-24H,3-16,19-22H2,1-2H3. The Bertz CT molecular complexity index is 2760. The van der Waals surface area contributed by atoms with Gasteiger partial charge in [0.2, 0.25) is 0 Å². The molecule has 8 aromatic rings. The minimum Gasteiger partial charge on any atom is -0.465 e. The summed E-state index contributed by atoms with van der Waals surface area (Å²) in [4.78, 5) is 66.3. The molecule has 10 nitrogen and oxygen atoms in total. The van der Waals surface area contributed by atoms with E-state index in [1.54, 1.807) is 8.80 Å². The predicted molar refractivity (Wildman–Crippen MR) is 225 cm³/mol. The molecule has 0 unspecified atom stereocenters. The lowest BCUT2D eigenvalue weighted by Gasteiger charge is -2.05. The molecule has 0 aliphatic carbocycles. The Kier molecular flexibility index (Phi) is 11.3. The van der Waals surface area contributed by atoms with E-state index in [0.717, 1.165) is 89.8 Å². The molecule has 55 heavy (non-hydrogen) atoms. The number of carbonyl (C=O) groups is 2. The molecule has 0 aliphatic rings. The molecule has 0 fully saturated rings. The fourth-order valence-electron chi connectivity index (χ4n) is 7.78. The highest BCUT2D eigenvalue weighted by molar-refractivity contribution is 7.27. The lowest BCUT2D eigenvalue weighted by Crippen LogP contribution is -2.13. The third-order valence-electron chi connectivity index (χ3n) is 10.6. The van der Waals surface area contributed by atoms with Crippen LogP contribution >= 0.6 is 34.0 Å². The van der Waals surface area contributed by atoms with Gasteiger partial charge in [-0.2, -0.15) is 0 Å². The summed E-state index contributed by atoms with van der Waals surface area (Å²) in [5.74, 6) is -0.321. The van der Waals surface area contributed by atoms with Crippen molar-refractivity contribution in [3.05, 3.63) is 54.7 Å². The zero-order valence-corrected chi connectivity index (χ0v) is 33.9. The van der Waals surface area contributed by atoms with Crippen molar-refractivity contribution >= 4 is 109 Å². The third kappa shape index (κ3) is 7.31. The number of rotatable bonds is 20. The Morgan fingerprint density at radius 3 is 1.67 bits per heavy atom. The molecule has 0 amide bonds. The molecular weight excluding hydrogens is 753 g/mol. The summed E-state index contributed by atoms with van der Waals surface area (Å²) in [6.45, 7) is 4.98. The highest BCUT2D eigenvalue weighted by Crippen LogP contribution is 2.43. The number of ether oxygens (including phenoxy) is 2. The average Bonchev–Trinajstić information content (AvgIpc) is 3.99. The maximum absolute atomic E-state index is 14.3. The number of pyridine rings is 2. The van der Waals surface area contributed by atoms with E-state index < -0.39 is 0 Å². The van der Waals surface area contributed by atoms with Gasteiger partial charge < -0.3 is 9.47 Å². The quantitative estimate of drug-likeness (QED) is 0.0424. The van der Waals surface area contributed by atoms with Gasteiger partial charge in [-0.25, -0.2) is 9.97 Å². The highest BCUT2D eigenvalue weighted by Gasteiger charge is 2.26. The van der Waals surface area contributed by atoms with Gasteiger partial charge in [0.15, 0.2) is 5.65 Å².